The van der Waals surface area contributed by atoms with E-state index in [9.17, 15) is 9.59 Å². The van der Waals surface area contributed by atoms with Gasteiger partial charge in [0.2, 0.25) is 0 Å². The highest BCUT2D eigenvalue weighted by molar-refractivity contribution is 7.09. The van der Waals surface area contributed by atoms with Crippen LogP contribution in [0.5, 0.6) is 0 Å². The molecule has 1 aromatic heterocycles. The fraction of sp³-hybridized carbons (Fsp3) is 0.353. The van der Waals surface area contributed by atoms with E-state index in [2.05, 4.69) is 10.3 Å². The lowest BCUT2D eigenvalue weighted by Crippen LogP contribution is -2.33. The van der Waals surface area contributed by atoms with E-state index in [0.717, 1.165) is 17.0 Å². The van der Waals surface area contributed by atoms with Gasteiger partial charge in [-0.05, 0) is 25.3 Å². The number of aryl methyl sites for hydroxylation is 2. The average molecular weight is 329 g/mol. The highest BCUT2D eigenvalue weighted by Gasteiger charge is 2.37. The van der Waals surface area contributed by atoms with Crippen LogP contribution in [0.3, 0.4) is 0 Å². The van der Waals surface area contributed by atoms with Crippen molar-refractivity contribution in [2.24, 2.45) is 0 Å². The first-order chi connectivity index (χ1) is 11.1. The van der Waals surface area contributed by atoms with Gasteiger partial charge in [0.25, 0.3) is 5.91 Å². The molecule has 3 rings (SSSR count). The van der Waals surface area contributed by atoms with E-state index in [1.165, 1.54) is 10.5 Å². The molecule has 0 aliphatic carbocycles. The van der Waals surface area contributed by atoms with E-state index >= 15 is 0 Å². The van der Waals surface area contributed by atoms with Crippen LogP contribution in [0.1, 0.15) is 22.6 Å². The van der Waals surface area contributed by atoms with Crippen LogP contribution in [-0.4, -0.2) is 34.4 Å². The summed E-state index contributed by atoms with van der Waals surface area (Å²) in [5, 5.41) is 2.79. The molecule has 1 aliphatic heterocycles. The van der Waals surface area contributed by atoms with Gasteiger partial charge in [-0.1, -0.05) is 30.3 Å². The Hall–Kier alpha value is -2.21. The van der Waals surface area contributed by atoms with Gasteiger partial charge in [0.15, 0.2) is 0 Å². The number of benzene rings is 1. The number of rotatable bonds is 6. The molecule has 23 heavy (non-hydrogen) atoms. The van der Waals surface area contributed by atoms with Crippen LogP contribution in [0.25, 0.3) is 0 Å². The molecule has 2 aromatic rings. The Balaban J connectivity index is 1.55. The van der Waals surface area contributed by atoms with Crippen molar-refractivity contribution in [2.75, 3.05) is 6.54 Å². The van der Waals surface area contributed by atoms with Crippen LogP contribution in [0.2, 0.25) is 0 Å². The summed E-state index contributed by atoms with van der Waals surface area (Å²) in [5.74, 6) is -0.118. The first-order valence-electron chi connectivity index (χ1n) is 7.70. The molecule has 0 spiro atoms. The van der Waals surface area contributed by atoms with Gasteiger partial charge in [-0.3, -0.25) is 9.69 Å². The van der Waals surface area contributed by atoms with Crippen LogP contribution in [0.4, 0.5) is 4.79 Å². The van der Waals surface area contributed by atoms with Crippen LogP contribution < -0.4 is 5.32 Å². The molecule has 1 fully saturated rings. The van der Waals surface area contributed by atoms with Crippen molar-refractivity contribution >= 4 is 23.3 Å². The number of urea groups is 1. The second-order valence-corrected chi connectivity index (χ2v) is 6.57. The number of nitrogens with one attached hydrogen (secondary N) is 1. The number of hydrogen-bond donors (Lipinski definition) is 1. The minimum absolute atomic E-state index is 0.118. The maximum Gasteiger partial charge on any atom is 0.324 e. The third kappa shape index (κ3) is 3.59. The maximum absolute atomic E-state index is 12.4. The smallest absolute Gasteiger partial charge is 0.324 e. The summed E-state index contributed by atoms with van der Waals surface area (Å²) in [6.07, 6.45) is 2.07. The number of aromatic nitrogens is 1. The predicted octanol–water partition coefficient (Wildman–Crippen LogP) is 2.55. The SMILES string of the molecule is Cc1ncsc1CCN1C(=O)N[C@H](CCc2ccccc2)C1=O. The van der Waals surface area contributed by atoms with Crippen molar-refractivity contribution in [3.63, 3.8) is 0 Å². The molecule has 1 saturated heterocycles. The minimum Gasteiger partial charge on any atom is -0.326 e. The minimum atomic E-state index is -0.412. The highest BCUT2D eigenvalue weighted by Crippen LogP contribution is 2.17. The topological polar surface area (TPSA) is 62.3 Å². The van der Waals surface area contributed by atoms with E-state index in [0.29, 0.717) is 19.4 Å². The first-order valence-corrected chi connectivity index (χ1v) is 8.58. The monoisotopic (exact) mass is 329 g/mol. The molecule has 5 nitrogen and oxygen atoms in total. The van der Waals surface area contributed by atoms with Crippen molar-refractivity contribution < 1.29 is 9.59 Å². The van der Waals surface area contributed by atoms with Crippen molar-refractivity contribution in [3.05, 3.63) is 52.0 Å². The molecule has 0 saturated carbocycles. The van der Waals surface area contributed by atoms with Gasteiger partial charge in [0.1, 0.15) is 6.04 Å². The summed E-state index contributed by atoms with van der Waals surface area (Å²) < 4.78 is 0. The van der Waals surface area contributed by atoms with Crippen LogP contribution in [0.15, 0.2) is 35.8 Å². The number of hydrogen-bond acceptors (Lipinski definition) is 4. The number of amides is 3. The molecule has 2 heterocycles. The van der Waals surface area contributed by atoms with Crippen LogP contribution in [-0.2, 0) is 17.6 Å². The largest absolute Gasteiger partial charge is 0.326 e. The second-order valence-electron chi connectivity index (χ2n) is 5.63. The number of imide groups is 1. The quantitative estimate of drug-likeness (QED) is 0.829. The van der Waals surface area contributed by atoms with Gasteiger partial charge in [-0.25, -0.2) is 9.78 Å². The Morgan fingerprint density at radius 1 is 1.22 bits per heavy atom. The molecule has 1 aromatic carbocycles. The molecule has 120 valence electrons. The third-order valence-electron chi connectivity index (χ3n) is 4.08. The van der Waals surface area contributed by atoms with Gasteiger partial charge in [-0.2, -0.15) is 0 Å². The molecule has 6 heteroatoms. The van der Waals surface area contributed by atoms with E-state index in [4.69, 9.17) is 0 Å². The molecular formula is C17H19N3O2S. The molecule has 1 N–H and O–H groups in total. The third-order valence-corrected chi connectivity index (χ3v) is 5.07. The van der Waals surface area contributed by atoms with Crippen molar-refractivity contribution in [1.82, 2.24) is 15.2 Å². The molecule has 0 radical (unpaired) electrons. The summed E-state index contributed by atoms with van der Waals surface area (Å²) in [6, 6.07) is 9.30. The Kier molecular flexibility index (Phi) is 4.71. The Bertz CT molecular complexity index is 699. The molecule has 0 unspecified atom stereocenters. The fourth-order valence-electron chi connectivity index (χ4n) is 2.72. The van der Waals surface area contributed by atoms with Gasteiger partial charge >= 0.3 is 6.03 Å². The van der Waals surface area contributed by atoms with E-state index in [-0.39, 0.29) is 11.9 Å². The fourth-order valence-corrected chi connectivity index (χ4v) is 3.49. The summed E-state index contributed by atoms with van der Waals surface area (Å²) in [6.45, 7) is 2.36. The normalized spacial score (nSPS) is 17.6. The molecular weight excluding hydrogens is 310 g/mol. The van der Waals surface area contributed by atoms with Crippen LogP contribution in [0, 0.1) is 6.92 Å². The molecule has 0 bridgehead atoms. The van der Waals surface area contributed by atoms with E-state index in [1.807, 2.05) is 37.3 Å². The zero-order valence-corrected chi connectivity index (χ0v) is 13.8. The maximum atomic E-state index is 12.4. The average Bonchev–Trinajstić information content (AvgIpc) is 3.08. The number of nitrogens with zero attached hydrogens (tertiary/aromatic N) is 2. The van der Waals surface area contributed by atoms with E-state index < -0.39 is 6.04 Å². The predicted molar refractivity (Wildman–Crippen MR) is 89.4 cm³/mol. The van der Waals surface area contributed by atoms with Crippen molar-refractivity contribution in [3.8, 4) is 0 Å². The molecule has 3 amide bonds. The lowest BCUT2D eigenvalue weighted by molar-refractivity contribution is -0.127. The lowest BCUT2D eigenvalue weighted by Gasteiger charge is -2.12. The summed E-state index contributed by atoms with van der Waals surface area (Å²) in [5.41, 5.74) is 3.94. The first kappa shape index (κ1) is 15.7. The zero-order chi connectivity index (χ0) is 16.2. The summed E-state index contributed by atoms with van der Waals surface area (Å²) in [7, 11) is 0. The summed E-state index contributed by atoms with van der Waals surface area (Å²) in [4.78, 5) is 31.1. The number of carbonyl (C=O) groups is 2. The zero-order valence-electron chi connectivity index (χ0n) is 13.0. The van der Waals surface area contributed by atoms with Crippen molar-refractivity contribution in [1.29, 1.82) is 0 Å². The standard InChI is InChI=1S/C17H19N3O2S/c1-12-15(23-11-18-12)9-10-20-16(21)14(19-17(20)22)8-7-13-5-3-2-4-6-13/h2-6,11,14H,7-10H2,1H3,(H,19,22)/t14-/m1/s1. The van der Waals surface area contributed by atoms with Crippen molar-refractivity contribution in [2.45, 2.75) is 32.2 Å². The van der Waals surface area contributed by atoms with Crippen LogP contribution >= 0.6 is 11.3 Å². The lowest BCUT2D eigenvalue weighted by atomic mass is 10.1. The number of carbonyl (C=O) groups excluding carboxylic acids is 2. The van der Waals surface area contributed by atoms with Gasteiger partial charge in [0, 0.05) is 17.8 Å². The number of thiazole rings is 1. The Morgan fingerprint density at radius 3 is 2.70 bits per heavy atom. The Labute approximate surface area is 139 Å². The van der Waals surface area contributed by atoms with Gasteiger partial charge in [-0.15, -0.1) is 11.3 Å². The molecule has 1 aliphatic rings. The molecule has 1 atom stereocenters. The van der Waals surface area contributed by atoms with E-state index in [1.54, 1.807) is 16.8 Å². The Morgan fingerprint density at radius 2 is 2.00 bits per heavy atom. The second kappa shape index (κ2) is 6.91. The van der Waals surface area contributed by atoms with Gasteiger partial charge < -0.3 is 5.32 Å². The van der Waals surface area contributed by atoms with Gasteiger partial charge in [0.05, 0.1) is 11.2 Å². The summed E-state index contributed by atoms with van der Waals surface area (Å²) >= 11 is 1.56. The highest BCUT2D eigenvalue weighted by atomic mass is 32.1.